The minimum atomic E-state index is -0.453. The van der Waals surface area contributed by atoms with Gasteiger partial charge in [0.1, 0.15) is 0 Å². The maximum Gasteiger partial charge on any atom is 0.315 e. The van der Waals surface area contributed by atoms with Gasteiger partial charge in [0.15, 0.2) is 5.75 Å². The van der Waals surface area contributed by atoms with Gasteiger partial charge in [0, 0.05) is 6.07 Å². The van der Waals surface area contributed by atoms with E-state index >= 15 is 0 Å². The molecule has 1 aliphatic rings. The summed E-state index contributed by atoms with van der Waals surface area (Å²) in [6.07, 6.45) is 0. The topological polar surface area (TPSA) is 55.7 Å². The predicted octanol–water partition coefficient (Wildman–Crippen LogP) is 2.73. The van der Waals surface area contributed by atoms with Crippen molar-refractivity contribution in [2.24, 2.45) is 0 Å². The highest BCUT2D eigenvalue weighted by Gasteiger charge is 2.30. The Kier molecular flexibility index (Phi) is 2.28. The first-order valence-electron chi connectivity index (χ1n) is 3.74. The van der Waals surface area contributed by atoms with Crippen LogP contribution in [0.15, 0.2) is 18.2 Å². The Balaban J connectivity index is 0.000000336. The second-order valence-electron chi connectivity index (χ2n) is 1.96. The van der Waals surface area contributed by atoms with Crippen LogP contribution in [-0.2, 0) is 0 Å². The Labute approximate surface area is 69.9 Å². The van der Waals surface area contributed by atoms with Gasteiger partial charge in [0.25, 0.3) is 0 Å². The van der Waals surface area contributed by atoms with Gasteiger partial charge in [-0.1, -0.05) is 19.9 Å². The number of nitro benzene ring substituents is 1. The largest absolute Gasteiger partial charge is 0.442 e. The highest BCUT2D eigenvalue weighted by atomic mass is 16.6. The van der Waals surface area contributed by atoms with E-state index in [4.69, 9.17) is 4.74 Å². The molecule has 0 amide bonds. The number of nitrogens with zero attached hydrogens (tertiary/aromatic N) is 1. The van der Waals surface area contributed by atoms with Crippen LogP contribution >= 0.6 is 0 Å². The first-order valence-corrected chi connectivity index (χ1v) is 3.74. The van der Waals surface area contributed by atoms with E-state index in [1.807, 2.05) is 13.8 Å². The van der Waals surface area contributed by atoms with Gasteiger partial charge in [-0.05, 0) is 6.07 Å². The van der Waals surface area contributed by atoms with Crippen LogP contribution in [-0.4, -0.2) is 4.92 Å². The second kappa shape index (κ2) is 3.21. The van der Waals surface area contributed by atoms with Crippen molar-refractivity contribution >= 4 is 5.69 Å². The van der Waals surface area contributed by atoms with Gasteiger partial charge in [-0.3, -0.25) is 10.1 Å². The van der Waals surface area contributed by atoms with Gasteiger partial charge in [0.2, 0.25) is 5.75 Å². The molecule has 0 atom stereocenters. The molecule has 4 nitrogen and oxygen atoms in total. The van der Waals surface area contributed by atoms with E-state index in [0.717, 1.165) is 0 Å². The van der Waals surface area contributed by atoms with E-state index < -0.39 is 4.92 Å². The minimum absolute atomic E-state index is 0.0532. The fourth-order valence-electron chi connectivity index (χ4n) is 0.819. The Morgan fingerprint density at radius 2 is 2.08 bits per heavy atom. The molecule has 0 bridgehead atoms. The SMILES string of the molecule is CC.O=[N+]([O-])c1cccc2c1O2. The summed E-state index contributed by atoms with van der Waals surface area (Å²) in [5, 5.41) is 10.2. The van der Waals surface area contributed by atoms with E-state index in [1.54, 1.807) is 12.1 Å². The predicted molar refractivity (Wildman–Crippen MR) is 44.5 cm³/mol. The summed E-state index contributed by atoms with van der Waals surface area (Å²) < 4.78 is 4.79. The molecule has 0 spiro atoms. The van der Waals surface area contributed by atoms with Crippen molar-refractivity contribution in [3.05, 3.63) is 28.3 Å². The fraction of sp³-hybridized carbons (Fsp3) is 0.250. The maximum atomic E-state index is 10.2. The Morgan fingerprint density at radius 1 is 1.42 bits per heavy atom. The Morgan fingerprint density at radius 3 is 2.58 bits per heavy atom. The lowest BCUT2D eigenvalue weighted by Crippen LogP contribution is -1.83. The van der Waals surface area contributed by atoms with Crippen molar-refractivity contribution in [2.75, 3.05) is 0 Å². The standard InChI is InChI=1S/C6H3NO3.C2H6/c8-7(9)4-2-1-3-5-6(4)10-5;1-2/h1-3H;1-2H3. The second-order valence-corrected chi connectivity index (χ2v) is 1.96. The lowest BCUT2D eigenvalue weighted by Gasteiger charge is -1.81. The summed E-state index contributed by atoms with van der Waals surface area (Å²) in [5.41, 5.74) is 0.0532. The highest BCUT2D eigenvalue weighted by Crippen LogP contribution is 2.51. The van der Waals surface area contributed by atoms with Crippen LogP contribution in [0.25, 0.3) is 0 Å². The maximum absolute atomic E-state index is 10.2. The quantitative estimate of drug-likeness (QED) is 0.372. The van der Waals surface area contributed by atoms with Crippen molar-refractivity contribution in [1.29, 1.82) is 0 Å². The molecule has 2 rings (SSSR count). The third kappa shape index (κ3) is 1.37. The number of nitro groups is 1. The summed E-state index contributed by atoms with van der Waals surface area (Å²) in [7, 11) is 0. The molecule has 0 N–H and O–H groups in total. The van der Waals surface area contributed by atoms with Crippen LogP contribution in [0.3, 0.4) is 0 Å². The van der Waals surface area contributed by atoms with Crippen molar-refractivity contribution in [2.45, 2.75) is 13.8 Å². The third-order valence-corrected chi connectivity index (χ3v) is 1.33. The number of ether oxygens (including phenoxy) is 1. The van der Waals surface area contributed by atoms with Gasteiger partial charge in [-0.2, -0.15) is 0 Å². The Hall–Kier alpha value is -1.58. The summed E-state index contributed by atoms with van der Waals surface area (Å²) in [6, 6.07) is 4.72. The average molecular weight is 167 g/mol. The molecule has 4 heteroatoms. The smallest absolute Gasteiger partial charge is 0.315 e. The summed E-state index contributed by atoms with van der Waals surface area (Å²) in [4.78, 5) is 9.73. The number of fused-ring (bicyclic) bond motifs is 1. The summed E-state index contributed by atoms with van der Waals surface area (Å²) in [5.74, 6) is 1.03. The molecule has 12 heavy (non-hydrogen) atoms. The van der Waals surface area contributed by atoms with Crippen LogP contribution in [0.5, 0.6) is 11.5 Å². The average Bonchev–Trinajstić information content (AvgIpc) is 2.85. The van der Waals surface area contributed by atoms with Crippen LogP contribution in [0, 0.1) is 10.1 Å². The normalized spacial score (nSPS) is 10.2. The zero-order valence-corrected chi connectivity index (χ0v) is 6.90. The number of rotatable bonds is 1. The molecule has 1 aromatic rings. The number of hydrogen-bond acceptors (Lipinski definition) is 3. The first kappa shape index (κ1) is 8.52. The molecule has 0 aromatic heterocycles. The molecular formula is C8H9NO3. The minimum Gasteiger partial charge on any atom is -0.442 e. The number of hydrogen-bond donors (Lipinski definition) is 0. The molecule has 0 radical (unpaired) electrons. The van der Waals surface area contributed by atoms with Crippen LogP contribution in [0.1, 0.15) is 13.8 Å². The van der Waals surface area contributed by atoms with Crippen LogP contribution in [0.4, 0.5) is 5.69 Å². The van der Waals surface area contributed by atoms with E-state index in [9.17, 15) is 10.1 Å². The van der Waals surface area contributed by atoms with Gasteiger partial charge in [-0.25, -0.2) is 0 Å². The van der Waals surface area contributed by atoms with Crippen molar-refractivity contribution in [1.82, 2.24) is 0 Å². The molecule has 1 aromatic carbocycles. The zero-order chi connectivity index (χ0) is 9.14. The van der Waals surface area contributed by atoms with Gasteiger partial charge < -0.3 is 4.74 Å². The van der Waals surface area contributed by atoms with Crippen LogP contribution < -0.4 is 4.74 Å². The molecule has 0 saturated heterocycles. The highest BCUT2D eigenvalue weighted by molar-refractivity contribution is 5.66. The molecule has 1 heterocycles. The zero-order valence-electron chi connectivity index (χ0n) is 6.90. The van der Waals surface area contributed by atoms with Crippen molar-refractivity contribution < 1.29 is 9.66 Å². The molecule has 64 valence electrons. The third-order valence-electron chi connectivity index (χ3n) is 1.33. The van der Waals surface area contributed by atoms with Crippen molar-refractivity contribution in [3.8, 4) is 11.5 Å². The lowest BCUT2D eigenvalue weighted by atomic mass is 10.3. The number of benzene rings is 1. The Bertz CT molecular complexity index is 309. The van der Waals surface area contributed by atoms with E-state index in [2.05, 4.69) is 0 Å². The van der Waals surface area contributed by atoms with E-state index in [0.29, 0.717) is 11.5 Å². The monoisotopic (exact) mass is 167 g/mol. The van der Waals surface area contributed by atoms with Crippen LogP contribution in [0.2, 0.25) is 0 Å². The molecule has 1 aliphatic heterocycles. The van der Waals surface area contributed by atoms with Gasteiger partial charge in [-0.15, -0.1) is 0 Å². The molecule has 0 fully saturated rings. The summed E-state index contributed by atoms with van der Waals surface area (Å²) >= 11 is 0. The van der Waals surface area contributed by atoms with Gasteiger partial charge >= 0.3 is 5.69 Å². The fourth-order valence-corrected chi connectivity index (χ4v) is 0.819. The molecule has 0 unspecified atom stereocenters. The lowest BCUT2D eigenvalue weighted by molar-refractivity contribution is -0.384. The number of para-hydroxylation sites is 1. The first-order chi connectivity index (χ1) is 5.79. The van der Waals surface area contributed by atoms with Crippen molar-refractivity contribution in [3.63, 3.8) is 0 Å². The van der Waals surface area contributed by atoms with E-state index in [1.165, 1.54) is 6.07 Å². The molecule has 0 saturated carbocycles. The molecular weight excluding hydrogens is 158 g/mol. The van der Waals surface area contributed by atoms with Gasteiger partial charge in [0.05, 0.1) is 4.92 Å². The molecule has 0 aliphatic carbocycles. The summed E-state index contributed by atoms with van der Waals surface area (Å²) in [6.45, 7) is 4.00. The van der Waals surface area contributed by atoms with E-state index in [-0.39, 0.29) is 5.69 Å².